The molecule has 18 heavy (non-hydrogen) atoms. The number of nitrogens with one attached hydrogen (secondary N) is 1. The summed E-state index contributed by atoms with van der Waals surface area (Å²) < 4.78 is 15.1. The smallest absolute Gasteiger partial charge is 0.292 e. The van der Waals surface area contributed by atoms with Crippen LogP contribution in [0, 0.1) is 5.82 Å². The van der Waals surface area contributed by atoms with Crippen LogP contribution in [0.25, 0.3) is 16.9 Å². The number of rotatable bonds is 0. The number of hydrogen-bond acceptors (Lipinski definition) is 2. The van der Waals surface area contributed by atoms with E-state index < -0.39 is 0 Å². The van der Waals surface area contributed by atoms with Gasteiger partial charge in [0.2, 0.25) is 5.65 Å². The molecule has 0 bridgehead atoms. The van der Waals surface area contributed by atoms with Gasteiger partial charge < -0.3 is 4.98 Å². The molecule has 0 unspecified atom stereocenters. The maximum absolute atomic E-state index is 13.3. The fourth-order valence-corrected chi connectivity index (χ4v) is 2.56. The number of aromatic nitrogens is 3. The van der Waals surface area contributed by atoms with Crippen LogP contribution < -0.4 is 5.56 Å². The van der Waals surface area contributed by atoms with Gasteiger partial charge in [0.1, 0.15) is 5.82 Å². The van der Waals surface area contributed by atoms with Crippen LogP contribution in [0.5, 0.6) is 0 Å². The van der Waals surface area contributed by atoms with Crippen molar-refractivity contribution in [2.75, 3.05) is 0 Å². The van der Waals surface area contributed by atoms with Crippen LogP contribution in [0.15, 0.2) is 35.4 Å². The lowest BCUT2D eigenvalue weighted by Gasteiger charge is -2.03. The fourth-order valence-electron chi connectivity index (χ4n) is 2.56. The maximum atomic E-state index is 13.3. The highest BCUT2D eigenvalue weighted by Gasteiger charge is 2.23. The normalized spacial score (nSPS) is 12.7. The standard InChI is InChI=1S/C13H8FN3O/c14-8-2-1-7-5-10-11(9(7)6-8)16-13(18)12-15-3-4-17(10)12/h1-4,6H,5H2,(H,16,18). The minimum atomic E-state index is -0.298. The molecule has 0 saturated heterocycles. The lowest BCUT2D eigenvalue weighted by Crippen LogP contribution is -2.13. The van der Waals surface area contributed by atoms with Crippen molar-refractivity contribution in [3.63, 3.8) is 0 Å². The molecule has 3 aromatic rings. The van der Waals surface area contributed by atoms with Crippen LogP contribution in [0.4, 0.5) is 4.39 Å². The molecule has 2 heterocycles. The number of nitrogens with zero attached hydrogens (tertiary/aromatic N) is 2. The van der Waals surface area contributed by atoms with E-state index in [1.165, 1.54) is 12.1 Å². The number of fused-ring (bicyclic) bond motifs is 5. The van der Waals surface area contributed by atoms with Gasteiger partial charge in [0.05, 0.1) is 11.4 Å². The summed E-state index contributed by atoms with van der Waals surface area (Å²) in [6.45, 7) is 0. The van der Waals surface area contributed by atoms with E-state index in [9.17, 15) is 9.18 Å². The second kappa shape index (κ2) is 3.07. The molecule has 1 aliphatic carbocycles. The van der Waals surface area contributed by atoms with E-state index in [2.05, 4.69) is 9.97 Å². The van der Waals surface area contributed by atoms with Gasteiger partial charge in [-0.25, -0.2) is 9.37 Å². The van der Waals surface area contributed by atoms with Crippen LogP contribution in [-0.4, -0.2) is 14.4 Å². The summed E-state index contributed by atoms with van der Waals surface area (Å²) in [4.78, 5) is 18.7. The number of hydrogen-bond donors (Lipinski definition) is 1. The Morgan fingerprint density at radius 1 is 1.39 bits per heavy atom. The van der Waals surface area contributed by atoms with Crippen molar-refractivity contribution in [2.24, 2.45) is 0 Å². The van der Waals surface area contributed by atoms with E-state index in [0.29, 0.717) is 17.8 Å². The average Bonchev–Trinajstić information content (AvgIpc) is 2.94. The molecule has 0 aliphatic heterocycles. The Labute approximate surface area is 101 Å². The number of benzene rings is 1. The topological polar surface area (TPSA) is 50.2 Å². The molecule has 4 nitrogen and oxygen atoms in total. The van der Waals surface area contributed by atoms with Gasteiger partial charge in [-0.05, 0) is 17.7 Å². The van der Waals surface area contributed by atoms with Gasteiger partial charge in [0, 0.05) is 24.4 Å². The molecular weight excluding hydrogens is 233 g/mol. The van der Waals surface area contributed by atoms with Crippen molar-refractivity contribution >= 4 is 5.65 Å². The third kappa shape index (κ3) is 1.08. The van der Waals surface area contributed by atoms with Crippen molar-refractivity contribution in [2.45, 2.75) is 6.42 Å². The summed E-state index contributed by atoms with van der Waals surface area (Å²) in [5.41, 5.74) is 3.54. The summed E-state index contributed by atoms with van der Waals surface area (Å²) >= 11 is 0. The Morgan fingerprint density at radius 2 is 2.28 bits per heavy atom. The molecule has 88 valence electrons. The fraction of sp³-hybridized carbons (Fsp3) is 0.0769. The maximum Gasteiger partial charge on any atom is 0.292 e. The molecule has 0 amide bonds. The minimum absolute atomic E-state index is 0.254. The molecule has 4 rings (SSSR count). The van der Waals surface area contributed by atoms with Crippen molar-refractivity contribution in [1.29, 1.82) is 0 Å². The molecule has 0 spiro atoms. The summed E-state index contributed by atoms with van der Waals surface area (Å²) in [6, 6.07) is 4.65. The predicted molar refractivity (Wildman–Crippen MR) is 64.0 cm³/mol. The molecule has 0 saturated carbocycles. The van der Waals surface area contributed by atoms with Gasteiger partial charge in [-0.3, -0.25) is 9.20 Å². The molecule has 0 radical (unpaired) electrons. The van der Waals surface area contributed by atoms with Gasteiger partial charge in [-0.1, -0.05) is 6.07 Å². The van der Waals surface area contributed by atoms with Crippen molar-refractivity contribution in [1.82, 2.24) is 14.4 Å². The Hall–Kier alpha value is -2.43. The number of H-pyrrole nitrogens is 1. The van der Waals surface area contributed by atoms with Crippen LogP contribution >= 0.6 is 0 Å². The predicted octanol–water partition coefficient (Wildman–Crippen LogP) is 1.73. The lowest BCUT2D eigenvalue weighted by atomic mass is 10.1. The Kier molecular flexibility index (Phi) is 1.63. The van der Waals surface area contributed by atoms with Crippen LogP contribution in [0.1, 0.15) is 11.3 Å². The Balaban J connectivity index is 2.15. The van der Waals surface area contributed by atoms with Gasteiger partial charge in [0.15, 0.2) is 0 Å². The highest BCUT2D eigenvalue weighted by Crippen LogP contribution is 2.34. The van der Waals surface area contributed by atoms with E-state index in [-0.39, 0.29) is 11.4 Å². The largest absolute Gasteiger partial charge is 0.317 e. The quantitative estimate of drug-likeness (QED) is 0.509. The van der Waals surface area contributed by atoms with E-state index in [0.717, 1.165) is 16.8 Å². The second-order valence-electron chi connectivity index (χ2n) is 4.37. The summed E-state index contributed by atoms with van der Waals surface area (Å²) in [5.74, 6) is -0.298. The zero-order chi connectivity index (χ0) is 12.3. The molecule has 5 heteroatoms. The average molecular weight is 241 g/mol. The monoisotopic (exact) mass is 241 g/mol. The summed E-state index contributed by atoms with van der Waals surface area (Å²) in [6.07, 6.45) is 4.02. The minimum Gasteiger partial charge on any atom is -0.317 e. The van der Waals surface area contributed by atoms with Crippen LogP contribution in [-0.2, 0) is 6.42 Å². The molecule has 2 aromatic heterocycles. The zero-order valence-corrected chi connectivity index (χ0v) is 9.27. The summed E-state index contributed by atoms with van der Waals surface area (Å²) in [7, 11) is 0. The van der Waals surface area contributed by atoms with Crippen molar-refractivity contribution < 1.29 is 4.39 Å². The number of halogens is 1. The highest BCUT2D eigenvalue weighted by molar-refractivity contribution is 5.73. The first-order valence-corrected chi connectivity index (χ1v) is 5.61. The first-order valence-electron chi connectivity index (χ1n) is 5.61. The number of imidazole rings is 1. The Bertz CT molecular complexity index is 847. The van der Waals surface area contributed by atoms with E-state index >= 15 is 0 Å². The third-order valence-electron chi connectivity index (χ3n) is 3.36. The molecule has 0 atom stereocenters. The number of aromatic amines is 1. The molecule has 1 aliphatic rings. The second-order valence-corrected chi connectivity index (χ2v) is 4.37. The van der Waals surface area contributed by atoms with E-state index in [1.807, 2.05) is 0 Å². The van der Waals surface area contributed by atoms with Crippen LogP contribution in [0.3, 0.4) is 0 Å². The van der Waals surface area contributed by atoms with Gasteiger partial charge in [-0.15, -0.1) is 0 Å². The zero-order valence-electron chi connectivity index (χ0n) is 9.27. The first-order chi connectivity index (χ1) is 8.74. The molecular formula is C13H8FN3O. The van der Waals surface area contributed by atoms with Crippen molar-refractivity contribution in [3.8, 4) is 11.3 Å². The highest BCUT2D eigenvalue weighted by atomic mass is 19.1. The SMILES string of the molecule is O=c1[nH]c2c(n3ccnc13)Cc1ccc(F)cc1-2. The third-order valence-corrected chi connectivity index (χ3v) is 3.36. The van der Waals surface area contributed by atoms with Crippen molar-refractivity contribution in [3.05, 3.63) is 58.0 Å². The summed E-state index contributed by atoms with van der Waals surface area (Å²) in [5, 5.41) is 0. The van der Waals surface area contributed by atoms with Crippen LogP contribution in [0.2, 0.25) is 0 Å². The van der Waals surface area contributed by atoms with Gasteiger partial charge in [0.25, 0.3) is 5.56 Å². The van der Waals surface area contributed by atoms with E-state index in [4.69, 9.17) is 0 Å². The molecule has 0 fully saturated rings. The molecule has 1 aromatic carbocycles. The van der Waals surface area contributed by atoms with E-state index in [1.54, 1.807) is 22.9 Å². The Morgan fingerprint density at radius 3 is 3.17 bits per heavy atom. The van der Waals surface area contributed by atoms with Gasteiger partial charge >= 0.3 is 0 Å². The molecule has 1 N–H and O–H groups in total. The lowest BCUT2D eigenvalue weighted by molar-refractivity contribution is 0.628. The first kappa shape index (κ1) is 9.58. The van der Waals surface area contributed by atoms with Gasteiger partial charge in [-0.2, -0.15) is 0 Å².